The lowest BCUT2D eigenvalue weighted by Gasteiger charge is -2.12. The molecule has 0 atom stereocenters. The second-order valence-electron chi connectivity index (χ2n) is 6.77. The molecule has 2 N–H and O–H groups in total. The number of hydrogen-bond donors (Lipinski definition) is 2. The zero-order valence-corrected chi connectivity index (χ0v) is 17.0. The minimum Gasteiger partial charge on any atom is -0.354 e. The minimum atomic E-state index is -0.314. The number of halogens is 1. The van der Waals surface area contributed by atoms with Crippen LogP contribution in [0.3, 0.4) is 0 Å². The van der Waals surface area contributed by atoms with Crippen molar-refractivity contribution in [2.45, 2.75) is 27.2 Å². The average molecular weight is 395 g/mol. The summed E-state index contributed by atoms with van der Waals surface area (Å²) >= 11 is 6.30. The van der Waals surface area contributed by atoms with Gasteiger partial charge in [-0.1, -0.05) is 48.0 Å². The number of carbonyl (C=O) groups excluding carboxylic acids is 1. The number of hydrogen-bond acceptors (Lipinski definition) is 4. The van der Waals surface area contributed by atoms with Crippen molar-refractivity contribution in [2.24, 2.45) is 0 Å². The molecule has 0 unspecified atom stereocenters. The molecule has 0 aliphatic heterocycles. The highest BCUT2D eigenvalue weighted by Gasteiger charge is 2.14. The lowest BCUT2D eigenvalue weighted by Crippen LogP contribution is -2.17. The molecule has 0 bridgehead atoms. The lowest BCUT2D eigenvalue weighted by atomic mass is 10.1. The van der Waals surface area contributed by atoms with Crippen molar-refractivity contribution in [3.05, 3.63) is 81.6 Å². The highest BCUT2D eigenvalue weighted by atomic mass is 35.5. The molecular weight excluding hydrogens is 372 g/mol. The predicted molar refractivity (Wildman–Crippen MR) is 114 cm³/mol. The first-order valence-corrected chi connectivity index (χ1v) is 9.52. The summed E-state index contributed by atoms with van der Waals surface area (Å²) in [6.07, 6.45) is 0.845. The molecule has 1 amide bonds. The van der Waals surface area contributed by atoms with Crippen LogP contribution >= 0.6 is 11.6 Å². The molecule has 0 saturated heterocycles. The van der Waals surface area contributed by atoms with Crippen molar-refractivity contribution in [1.82, 2.24) is 9.97 Å². The van der Waals surface area contributed by atoms with Crippen LogP contribution in [-0.2, 0) is 6.42 Å². The fourth-order valence-corrected chi connectivity index (χ4v) is 3.35. The van der Waals surface area contributed by atoms with Crippen LogP contribution in [0.1, 0.15) is 32.9 Å². The number of rotatable bonds is 6. The van der Waals surface area contributed by atoms with Gasteiger partial charge in [0.15, 0.2) is 0 Å². The molecule has 0 saturated carbocycles. The van der Waals surface area contributed by atoms with E-state index in [4.69, 9.17) is 11.6 Å². The molecule has 3 rings (SSSR count). The number of amides is 1. The molecule has 0 aliphatic rings. The zero-order valence-electron chi connectivity index (χ0n) is 16.2. The summed E-state index contributed by atoms with van der Waals surface area (Å²) in [6.45, 7) is 6.39. The van der Waals surface area contributed by atoms with E-state index in [1.807, 2.05) is 51.1 Å². The highest BCUT2D eigenvalue weighted by Crippen LogP contribution is 2.27. The van der Waals surface area contributed by atoms with Crippen molar-refractivity contribution in [2.75, 3.05) is 17.2 Å². The van der Waals surface area contributed by atoms with E-state index in [9.17, 15) is 4.79 Å². The molecule has 2 aromatic carbocycles. The number of carbonyl (C=O) groups is 1. The van der Waals surface area contributed by atoms with Crippen molar-refractivity contribution in [1.29, 1.82) is 0 Å². The van der Waals surface area contributed by atoms with E-state index in [1.165, 1.54) is 5.56 Å². The Morgan fingerprint density at radius 2 is 1.79 bits per heavy atom. The van der Waals surface area contributed by atoms with Gasteiger partial charge in [-0.25, -0.2) is 9.97 Å². The molecule has 6 heteroatoms. The topological polar surface area (TPSA) is 66.9 Å². The van der Waals surface area contributed by atoms with E-state index < -0.39 is 0 Å². The van der Waals surface area contributed by atoms with Gasteiger partial charge in [-0.15, -0.1) is 0 Å². The molecule has 0 aliphatic carbocycles. The fourth-order valence-electron chi connectivity index (χ4n) is 2.98. The first-order valence-electron chi connectivity index (χ1n) is 9.14. The van der Waals surface area contributed by atoms with Crippen LogP contribution in [0.4, 0.5) is 11.6 Å². The summed E-state index contributed by atoms with van der Waals surface area (Å²) in [4.78, 5) is 21.4. The predicted octanol–water partition coefficient (Wildman–Crippen LogP) is 4.96. The van der Waals surface area contributed by atoms with Gasteiger partial charge in [0.2, 0.25) is 5.95 Å². The van der Waals surface area contributed by atoms with Crippen molar-refractivity contribution >= 4 is 29.1 Å². The van der Waals surface area contributed by atoms with Gasteiger partial charge < -0.3 is 10.6 Å². The zero-order chi connectivity index (χ0) is 20.1. The van der Waals surface area contributed by atoms with Crippen molar-refractivity contribution in [3.63, 3.8) is 0 Å². The van der Waals surface area contributed by atoms with Crippen LogP contribution in [0.2, 0.25) is 5.02 Å². The number of benzene rings is 2. The highest BCUT2D eigenvalue weighted by molar-refractivity contribution is 6.34. The van der Waals surface area contributed by atoms with Gasteiger partial charge >= 0.3 is 0 Å². The van der Waals surface area contributed by atoms with E-state index in [-0.39, 0.29) is 5.91 Å². The van der Waals surface area contributed by atoms with Gasteiger partial charge in [0.05, 0.1) is 10.7 Å². The first kappa shape index (κ1) is 19.8. The Morgan fingerprint density at radius 3 is 2.50 bits per heavy atom. The third kappa shape index (κ3) is 5.08. The number of nitrogens with zero attached hydrogens (tertiary/aromatic N) is 2. The summed E-state index contributed by atoms with van der Waals surface area (Å²) in [5, 5.41) is 6.58. The van der Waals surface area contributed by atoms with Gasteiger partial charge in [0.1, 0.15) is 5.69 Å². The van der Waals surface area contributed by atoms with Crippen molar-refractivity contribution in [3.8, 4) is 0 Å². The summed E-state index contributed by atoms with van der Waals surface area (Å²) in [5.41, 5.74) is 4.80. The van der Waals surface area contributed by atoms with Crippen molar-refractivity contribution < 1.29 is 4.79 Å². The fraction of sp³-hybridized carbons (Fsp3) is 0.227. The number of aryl methyl sites for hydroxylation is 3. The van der Waals surface area contributed by atoms with Crippen LogP contribution < -0.4 is 10.6 Å². The largest absolute Gasteiger partial charge is 0.354 e. The monoisotopic (exact) mass is 394 g/mol. The Bertz CT molecular complexity index is 966. The number of anilines is 2. The van der Waals surface area contributed by atoms with Crippen LogP contribution in [0, 0.1) is 20.8 Å². The second kappa shape index (κ2) is 8.85. The second-order valence-corrected chi connectivity index (χ2v) is 7.18. The molecule has 5 nitrogen and oxygen atoms in total. The SMILES string of the molecule is Cc1cc(C)c(NC(=O)c2cc(C)nc(NCCc3ccccc3)n2)c(Cl)c1. The third-order valence-corrected chi connectivity index (χ3v) is 4.59. The van der Waals surface area contributed by atoms with E-state index in [2.05, 4.69) is 32.7 Å². The maximum absolute atomic E-state index is 12.7. The summed E-state index contributed by atoms with van der Waals surface area (Å²) < 4.78 is 0. The summed E-state index contributed by atoms with van der Waals surface area (Å²) in [6, 6.07) is 15.6. The van der Waals surface area contributed by atoms with Gasteiger partial charge in [0.25, 0.3) is 5.91 Å². The number of nitrogens with one attached hydrogen (secondary N) is 2. The Kier molecular flexibility index (Phi) is 6.26. The van der Waals surface area contributed by atoms with Crippen LogP contribution in [0.15, 0.2) is 48.5 Å². The molecule has 0 fully saturated rings. The third-order valence-electron chi connectivity index (χ3n) is 4.30. The molecule has 28 heavy (non-hydrogen) atoms. The lowest BCUT2D eigenvalue weighted by molar-refractivity contribution is 0.102. The maximum atomic E-state index is 12.7. The summed E-state index contributed by atoms with van der Waals surface area (Å²) in [7, 11) is 0. The van der Waals surface area contributed by atoms with E-state index in [1.54, 1.807) is 6.07 Å². The molecule has 0 radical (unpaired) electrons. The van der Waals surface area contributed by atoms with Crippen LogP contribution in [0.25, 0.3) is 0 Å². The molecule has 0 spiro atoms. The molecule has 144 valence electrons. The Hall–Kier alpha value is -2.92. The normalized spacial score (nSPS) is 10.6. The number of aromatic nitrogens is 2. The first-order chi connectivity index (χ1) is 13.4. The molecular formula is C22H23ClN4O. The van der Waals surface area contributed by atoms with Gasteiger partial charge in [0, 0.05) is 12.2 Å². The maximum Gasteiger partial charge on any atom is 0.274 e. The van der Waals surface area contributed by atoms with Gasteiger partial charge in [-0.2, -0.15) is 0 Å². The Balaban J connectivity index is 1.71. The van der Waals surface area contributed by atoms with E-state index >= 15 is 0 Å². The molecule has 3 aromatic rings. The Labute approximate surface area is 170 Å². The van der Waals surface area contributed by atoms with Crippen LogP contribution in [-0.4, -0.2) is 22.4 Å². The quantitative estimate of drug-likeness (QED) is 0.619. The van der Waals surface area contributed by atoms with Gasteiger partial charge in [-0.3, -0.25) is 4.79 Å². The average Bonchev–Trinajstić information content (AvgIpc) is 2.65. The summed E-state index contributed by atoms with van der Waals surface area (Å²) in [5.74, 6) is 0.123. The molecule has 1 aromatic heterocycles. The molecule has 1 heterocycles. The van der Waals surface area contributed by atoms with Gasteiger partial charge in [-0.05, 0) is 56.0 Å². The standard InChI is InChI=1S/C22H23ClN4O/c1-14-11-15(2)20(18(23)12-14)27-21(28)19-13-16(3)25-22(26-19)24-10-9-17-7-5-4-6-8-17/h4-8,11-13H,9-10H2,1-3H3,(H,27,28)(H,24,25,26). The smallest absolute Gasteiger partial charge is 0.274 e. The Morgan fingerprint density at radius 1 is 1.04 bits per heavy atom. The minimum absolute atomic E-state index is 0.297. The van der Waals surface area contributed by atoms with E-state index in [0.29, 0.717) is 34.6 Å². The van der Waals surface area contributed by atoms with Crippen LogP contribution in [0.5, 0.6) is 0 Å². The van der Waals surface area contributed by atoms with E-state index in [0.717, 1.165) is 17.5 Å².